The topological polar surface area (TPSA) is 112 Å². The molecule has 9 nitrogen and oxygen atoms in total. The summed E-state index contributed by atoms with van der Waals surface area (Å²) in [5, 5.41) is 0.751. The van der Waals surface area contributed by atoms with Gasteiger partial charge in [0.15, 0.2) is 0 Å². The number of hydrogen-bond donors (Lipinski definition) is 1. The maximum Gasteiger partial charge on any atom is 0.274 e. The van der Waals surface area contributed by atoms with Gasteiger partial charge in [-0.2, -0.15) is 0 Å². The molecule has 3 aromatic heterocycles. The first-order valence-corrected chi connectivity index (χ1v) is 12.5. The summed E-state index contributed by atoms with van der Waals surface area (Å²) in [6, 6.07) is 0. The van der Waals surface area contributed by atoms with Crippen LogP contribution in [0.15, 0.2) is 23.4 Å². The van der Waals surface area contributed by atoms with E-state index in [1.165, 1.54) is 40.8 Å². The van der Waals surface area contributed by atoms with Crippen molar-refractivity contribution in [3.63, 3.8) is 0 Å². The summed E-state index contributed by atoms with van der Waals surface area (Å²) in [6.45, 7) is 1.93. The van der Waals surface area contributed by atoms with Gasteiger partial charge in [0.25, 0.3) is 11.5 Å². The van der Waals surface area contributed by atoms with Crippen molar-refractivity contribution < 1.29 is 9.59 Å². The Morgan fingerprint density at radius 2 is 1.94 bits per heavy atom. The van der Waals surface area contributed by atoms with Crippen LogP contribution < -0.4 is 5.56 Å². The predicted octanol–water partition coefficient (Wildman–Crippen LogP) is 1.48. The number of rotatable bonds is 5. The molecule has 2 aliphatic rings. The SMILES string of the molecule is O=C(CSCc1nc2sc3c(c2c(=O)[nH]1)CCC3)N1CCN(C(=O)c2cnccn2)CC1. The van der Waals surface area contributed by atoms with Crippen molar-refractivity contribution in [1.29, 1.82) is 0 Å². The maximum absolute atomic E-state index is 12.6. The zero-order chi connectivity index (χ0) is 22.1. The van der Waals surface area contributed by atoms with Gasteiger partial charge in [0.1, 0.15) is 16.3 Å². The second kappa shape index (κ2) is 8.99. The lowest BCUT2D eigenvalue weighted by Gasteiger charge is -2.34. The Kier molecular flexibility index (Phi) is 5.92. The minimum atomic E-state index is -0.162. The van der Waals surface area contributed by atoms with E-state index >= 15 is 0 Å². The molecule has 1 aliphatic carbocycles. The second-order valence-corrected chi connectivity index (χ2v) is 9.88. The Bertz CT molecular complexity index is 1220. The molecule has 0 spiro atoms. The largest absolute Gasteiger partial charge is 0.338 e. The molecule has 0 atom stereocenters. The third kappa shape index (κ3) is 4.14. The van der Waals surface area contributed by atoms with E-state index in [1.54, 1.807) is 21.1 Å². The molecular weight excluding hydrogens is 448 g/mol. The molecular formula is C21H22N6O3S2. The number of nitrogens with one attached hydrogen (secondary N) is 1. The van der Waals surface area contributed by atoms with E-state index in [0.717, 1.165) is 29.5 Å². The molecule has 11 heteroatoms. The van der Waals surface area contributed by atoms with Gasteiger partial charge in [-0.3, -0.25) is 19.4 Å². The van der Waals surface area contributed by atoms with Gasteiger partial charge in [0.2, 0.25) is 5.91 Å². The summed E-state index contributed by atoms with van der Waals surface area (Å²) in [5.41, 5.74) is 1.42. The Morgan fingerprint density at radius 3 is 2.72 bits per heavy atom. The van der Waals surface area contributed by atoms with Crippen LogP contribution >= 0.6 is 23.1 Å². The number of aromatic nitrogens is 4. The highest BCUT2D eigenvalue weighted by atomic mass is 32.2. The predicted molar refractivity (Wildman–Crippen MR) is 123 cm³/mol. The number of H-pyrrole nitrogens is 1. The normalized spacial score (nSPS) is 15.9. The number of nitrogens with zero attached hydrogens (tertiary/aromatic N) is 5. The molecule has 32 heavy (non-hydrogen) atoms. The first-order valence-electron chi connectivity index (χ1n) is 10.5. The van der Waals surface area contributed by atoms with Gasteiger partial charge >= 0.3 is 0 Å². The third-order valence-corrected chi connectivity index (χ3v) is 7.90. The summed E-state index contributed by atoms with van der Waals surface area (Å²) in [7, 11) is 0. The molecule has 2 amide bonds. The van der Waals surface area contributed by atoms with Gasteiger partial charge in [-0.1, -0.05) is 0 Å². The van der Waals surface area contributed by atoms with Crippen LogP contribution in [0.25, 0.3) is 10.2 Å². The van der Waals surface area contributed by atoms with Crippen LogP contribution in [0.4, 0.5) is 0 Å². The second-order valence-electron chi connectivity index (χ2n) is 7.81. The molecule has 0 aromatic carbocycles. The Balaban J connectivity index is 1.13. The number of aryl methyl sites for hydroxylation is 2. The molecule has 0 bridgehead atoms. The van der Waals surface area contributed by atoms with Gasteiger partial charge in [-0.25, -0.2) is 9.97 Å². The summed E-state index contributed by atoms with van der Waals surface area (Å²) in [4.78, 5) is 58.7. The molecule has 1 aliphatic heterocycles. The lowest BCUT2D eigenvalue weighted by molar-refractivity contribution is -0.129. The van der Waals surface area contributed by atoms with E-state index in [-0.39, 0.29) is 17.4 Å². The zero-order valence-electron chi connectivity index (χ0n) is 17.4. The van der Waals surface area contributed by atoms with Crippen LogP contribution in [0, 0.1) is 0 Å². The van der Waals surface area contributed by atoms with Crippen LogP contribution in [0.5, 0.6) is 0 Å². The van der Waals surface area contributed by atoms with Gasteiger partial charge in [-0.15, -0.1) is 23.1 Å². The minimum absolute atomic E-state index is 0.0279. The third-order valence-electron chi connectivity index (χ3n) is 5.79. The van der Waals surface area contributed by atoms with Gasteiger partial charge in [0.05, 0.1) is 23.1 Å². The van der Waals surface area contributed by atoms with Gasteiger partial charge in [0, 0.05) is 43.4 Å². The van der Waals surface area contributed by atoms with Crippen molar-refractivity contribution in [2.24, 2.45) is 0 Å². The molecule has 3 aromatic rings. The number of fused-ring (bicyclic) bond motifs is 3. The van der Waals surface area contributed by atoms with Crippen LogP contribution in [0.2, 0.25) is 0 Å². The number of piperazine rings is 1. The number of carbonyl (C=O) groups excluding carboxylic acids is 2. The van der Waals surface area contributed by atoms with Crippen LogP contribution in [0.3, 0.4) is 0 Å². The highest BCUT2D eigenvalue weighted by Gasteiger charge is 2.26. The van der Waals surface area contributed by atoms with E-state index in [2.05, 4.69) is 19.9 Å². The van der Waals surface area contributed by atoms with E-state index < -0.39 is 0 Å². The van der Waals surface area contributed by atoms with Crippen molar-refractivity contribution in [3.05, 3.63) is 50.9 Å². The first kappa shape index (κ1) is 21.1. The summed E-state index contributed by atoms with van der Waals surface area (Å²) >= 11 is 3.06. The maximum atomic E-state index is 12.6. The van der Waals surface area contributed by atoms with E-state index in [9.17, 15) is 14.4 Å². The average Bonchev–Trinajstić information content (AvgIpc) is 3.40. The minimum Gasteiger partial charge on any atom is -0.338 e. The fraction of sp³-hybridized carbons (Fsp3) is 0.429. The molecule has 0 unspecified atom stereocenters. The van der Waals surface area contributed by atoms with Crippen LogP contribution in [0.1, 0.15) is 33.2 Å². The monoisotopic (exact) mass is 470 g/mol. The lowest BCUT2D eigenvalue weighted by atomic mass is 10.2. The van der Waals surface area contributed by atoms with Crippen LogP contribution in [-0.4, -0.2) is 73.5 Å². The number of aromatic amines is 1. The fourth-order valence-electron chi connectivity index (χ4n) is 4.17. The quantitative estimate of drug-likeness (QED) is 0.601. The summed E-state index contributed by atoms with van der Waals surface area (Å²) in [5.74, 6) is 1.26. The van der Waals surface area contributed by atoms with Crippen molar-refractivity contribution in [2.75, 3.05) is 31.9 Å². The molecule has 4 heterocycles. The standard InChI is InChI=1S/C21H22N6O3S2/c28-17(26-6-8-27(9-7-26)21(30)14-10-22-4-5-23-14)12-31-11-16-24-19(29)18-13-2-1-3-15(13)32-20(18)25-16/h4-5,10H,1-3,6-9,11-12H2,(H,24,25,29). The lowest BCUT2D eigenvalue weighted by Crippen LogP contribution is -2.51. The summed E-state index contributed by atoms with van der Waals surface area (Å²) in [6.07, 6.45) is 7.58. The first-order chi connectivity index (χ1) is 15.6. The Labute approximate surface area is 192 Å². The Hall–Kier alpha value is -2.79. The highest BCUT2D eigenvalue weighted by molar-refractivity contribution is 7.99. The van der Waals surface area contributed by atoms with E-state index in [4.69, 9.17) is 0 Å². The number of carbonyl (C=O) groups is 2. The van der Waals surface area contributed by atoms with Crippen molar-refractivity contribution in [2.45, 2.75) is 25.0 Å². The smallest absolute Gasteiger partial charge is 0.274 e. The number of hydrogen-bond acceptors (Lipinski definition) is 8. The number of amides is 2. The summed E-state index contributed by atoms with van der Waals surface area (Å²) < 4.78 is 0. The number of thiophene rings is 1. The molecule has 1 saturated heterocycles. The highest BCUT2D eigenvalue weighted by Crippen LogP contribution is 2.34. The van der Waals surface area contributed by atoms with Crippen molar-refractivity contribution in [1.82, 2.24) is 29.7 Å². The van der Waals surface area contributed by atoms with E-state index in [0.29, 0.717) is 49.2 Å². The van der Waals surface area contributed by atoms with Crippen molar-refractivity contribution >= 4 is 45.1 Å². The zero-order valence-corrected chi connectivity index (χ0v) is 19.0. The Morgan fingerprint density at radius 1 is 1.12 bits per heavy atom. The van der Waals surface area contributed by atoms with Gasteiger partial charge < -0.3 is 14.8 Å². The van der Waals surface area contributed by atoms with Gasteiger partial charge in [-0.05, 0) is 24.8 Å². The molecule has 1 N–H and O–H groups in total. The molecule has 0 radical (unpaired) electrons. The van der Waals surface area contributed by atoms with Crippen molar-refractivity contribution in [3.8, 4) is 0 Å². The number of thioether (sulfide) groups is 1. The molecule has 166 valence electrons. The fourth-order valence-corrected chi connectivity index (χ4v) is 6.24. The molecule has 1 fully saturated rings. The van der Waals surface area contributed by atoms with Crippen LogP contribution in [-0.2, 0) is 23.4 Å². The van der Waals surface area contributed by atoms with E-state index in [1.807, 2.05) is 0 Å². The molecule has 0 saturated carbocycles. The average molecular weight is 471 g/mol. The molecule has 5 rings (SSSR count).